The van der Waals surface area contributed by atoms with Crippen molar-refractivity contribution >= 4 is 6.21 Å². The first-order valence-electron chi connectivity index (χ1n) is 3.49. The van der Waals surface area contributed by atoms with Crippen LogP contribution in [0.25, 0.3) is 0 Å². The normalized spacial score (nSPS) is 10.6. The van der Waals surface area contributed by atoms with E-state index in [4.69, 9.17) is 5.21 Å². The smallest absolute Gasteiger partial charge is 0.0735 e. The lowest BCUT2D eigenvalue weighted by Gasteiger charge is -1.95. The highest BCUT2D eigenvalue weighted by atomic mass is 16.4. The van der Waals surface area contributed by atoms with Gasteiger partial charge in [0.1, 0.15) is 0 Å². The maximum absolute atomic E-state index is 8.23. The fourth-order valence-corrected chi connectivity index (χ4v) is 0.837. The number of hydrogen-bond donors (Lipinski definition) is 1. The molecule has 0 aliphatic heterocycles. The Morgan fingerprint density at radius 2 is 2.55 bits per heavy atom. The summed E-state index contributed by atoms with van der Waals surface area (Å²) in [6.07, 6.45) is 3.99. The number of oxime groups is 1. The first-order chi connectivity index (χ1) is 5.36. The van der Waals surface area contributed by atoms with Crippen LogP contribution < -0.4 is 0 Å². The predicted molar refractivity (Wildman–Crippen MR) is 43.0 cm³/mol. The molecule has 0 spiro atoms. The van der Waals surface area contributed by atoms with E-state index in [0.717, 1.165) is 17.7 Å². The Morgan fingerprint density at radius 1 is 1.73 bits per heavy atom. The Bertz CT molecular complexity index is 258. The Morgan fingerprint density at radius 3 is 3.18 bits per heavy atom. The first kappa shape index (κ1) is 7.72. The Labute approximate surface area is 65.4 Å². The third-order valence-electron chi connectivity index (χ3n) is 1.41. The van der Waals surface area contributed by atoms with Gasteiger partial charge in [-0.1, -0.05) is 12.1 Å². The zero-order valence-electron chi connectivity index (χ0n) is 6.36. The van der Waals surface area contributed by atoms with E-state index in [9.17, 15) is 0 Å². The van der Waals surface area contributed by atoms with E-state index in [1.165, 1.54) is 6.21 Å². The number of aromatic nitrogens is 1. The molecule has 3 nitrogen and oxygen atoms in total. The van der Waals surface area contributed by atoms with Crippen LogP contribution in [0.3, 0.4) is 0 Å². The van der Waals surface area contributed by atoms with E-state index < -0.39 is 0 Å². The van der Waals surface area contributed by atoms with Crippen molar-refractivity contribution in [3.05, 3.63) is 29.6 Å². The number of rotatable bonds is 2. The number of pyridine rings is 1. The monoisotopic (exact) mass is 150 g/mol. The second-order valence-corrected chi connectivity index (χ2v) is 2.18. The third kappa shape index (κ3) is 2.04. The standard InChI is InChI=1S/C8H10N2O/c1-2-8-5-7(6-10-11)3-4-9-8/h3-6,11H,2H2,1H3. The van der Waals surface area contributed by atoms with Crippen molar-refractivity contribution in [2.75, 3.05) is 0 Å². The van der Waals surface area contributed by atoms with Gasteiger partial charge in [0.15, 0.2) is 0 Å². The summed E-state index contributed by atoms with van der Waals surface area (Å²) >= 11 is 0. The maximum Gasteiger partial charge on any atom is 0.0735 e. The van der Waals surface area contributed by atoms with Crippen molar-refractivity contribution in [1.29, 1.82) is 0 Å². The van der Waals surface area contributed by atoms with Crippen LogP contribution in [0.4, 0.5) is 0 Å². The minimum atomic E-state index is 0.874. The highest BCUT2D eigenvalue weighted by Crippen LogP contribution is 1.99. The zero-order chi connectivity index (χ0) is 8.10. The van der Waals surface area contributed by atoms with Gasteiger partial charge >= 0.3 is 0 Å². The van der Waals surface area contributed by atoms with E-state index in [-0.39, 0.29) is 0 Å². The molecule has 1 aromatic rings. The molecule has 0 radical (unpaired) electrons. The largest absolute Gasteiger partial charge is 0.411 e. The van der Waals surface area contributed by atoms with Gasteiger partial charge in [-0.05, 0) is 24.1 Å². The zero-order valence-corrected chi connectivity index (χ0v) is 6.36. The average molecular weight is 150 g/mol. The van der Waals surface area contributed by atoms with E-state index in [1.807, 2.05) is 13.0 Å². The van der Waals surface area contributed by atoms with Crippen LogP contribution in [-0.2, 0) is 6.42 Å². The molecule has 0 unspecified atom stereocenters. The van der Waals surface area contributed by atoms with E-state index in [0.29, 0.717) is 0 Å². The average Bonchev–Trinajstić information content (AvgIpc) is 2.06. The second kappa shape index (κ2) is 3.71. The lowest BCUT2D eigenvalue weighted by atomic mass is 10.2. The Kier molecular flexibility index (Phi) is 2.60. The summed E-state index contributed by atoms with van der Waals surface area (Å²) in [6, 6.07) is 3.68. The number of hydrogen-bond acceptors (Lipinski definition) is 3. The SMILES string of the molecule is CCc1cc(C=NO)ccn1. The summed E-state index contributed by atoms with van der Waals surface area (Å²) in [7, 11) is 0. The molecule has 0 aliphatic rings. The van der Waals surface area contributed by atoms with Crippen molar-refractivity contribution in [3.63, 3.8) is 0 Å². The first-order valence-corrected chi connectivity index (χ1v) is 3.49. The molecular formula is C8H10N2O. The summed E-state index contributed by atoms with van der Waals surface area (Å²) in [5.74, 6) is 0. The van der Waals surface area contributed by atoms with Crippen LogP contribution >= 0.6 is 0 Å². The van der Waals surface area contributed by atoms with Crippen LogP contribution in [0.1, 0.15) is 18.2 Å². The summed E-state index contributed by atoms with van der Waals surface area (Å²) in [6.45, 7) is 2.03. The molecule has 58 valence electrons. The highest BCUT2D eigenvalue weighted by molar-refractivity contribution is 5.78. The fourth-order valence-electron chi connectivity index (χ4n) is 0.837. The van der Waals surface area contributed by atoms with Crippen LogP contribution in [0, 0.1) is 0 Å². The molecule has 1 rings (SSSR count). The van der Waals surface area contributed by atoms with Crippen molar-refractivity contribution in [2.45, 2.75) is 13.3 Å². The fraction of sp³-hybridized carbons (Fsp3) is 0.250. The molecule has 0 saturated heterocycles. The molecule has 0 saturated carbocycles. The molecule has 1 aromatic heterocycles. The topological polar surface area (TPSA) is 45.5 Å². The molecule has 11 heavy (non-hydrogen) atoms. The third-order valence-corrected chi connectivity index (χ3v) is 1.41. The van der Waals surface area contributed by atoms with Crippen LogP contribution in [0.5, 0.6) is 0 Å². The lowest BCUT2D eigenvalue weighted by molar-refractivity contribution is 0.322. The molecule has 0 bridgehead atoms. The van der Waals surface area contributed by atoms with Gasteiger partial charge < -0.3 is 5.21 Å². The second-order valence-electron chi connectivity index (χ2n) is 2.18. The van der Waals surface area contributed by atoms with Crippen molar-refractivity contribution in [1.82, 2.24) is 4.98 Å². The molecule has 1 heterocycles. The highest BCUT2D eigenvalue weighted by Gasteiger charge is 1.91. The number of nitrogens with zero attached hydrogens (tertiary/aromatic N) is 2. The Balaban J connectivity index is 2.91. The van der Waals surface area contributed by atoms with Gasteiger partial charge in [0.05, 0.1) is 6.21 Å². The minimum Gasteiger partial charge on any atom is -0.411 e. The summed E-state index contributed by atoms with van der Waals surface area (Å²) < 4.78 is 0. The summed E-state index contributed by atoms with van der Waals surface area (Å²) in [5.41, 5.74) is 1.88. The van der Waals surface area contributed by atoms with E-state index in [2.05, 4.69) is 10.1 Å². The van der Waals surface area contributed by atoms with Gasteiger partial charge in [0.25, 0.3) is 0 Å². The maximum atomic E-state index is 8.23. The van der Waals surface area contributed by atoms with Crippen LogP contribution in [0.2, 0.25) is 0 Å². The van der Waals surface area contributed by atoms with Gasteiger partial charge in [0.2, 0.25) is 0 Å². The minimum absolute atomic E-state index is 0.874. The van der Waals surface area contributed by atoms with Gasteiger partial charge in [0, 0.05) is 11.9 Å². The molecule has 0 amide bonds. The Hall–Kier alpha value is -1.38. The van der Waals surface area contributed by atoms with Gasteiger partial charge in [-0.15, -0.1) is 0 Å². The van der Waals surface area contributed by atoms with E-state index in [1.54, 1.807) is 12.3 Å². The molecule has 0 aromatic carbocycles. The summed E-state index contributed by atoms with van der Waals surface area (Å²) in [4.78, 5) is 4.10. The molecule has 0 atom stereocenters. The van der Waals surface area contributed by atoms with Crippen molar-refractivity contribution in [2.24, 2.45) is 5.16 Å². The molecule has 0 fully saturated rings. The number of aryl methyl sites for hydroxylation is 1. The lowest BCUT2D eigenvalue weighted by Crippen LogP contribution is -1.88. The quantitative estimate of drug-likeness (QED) is 0.394. The van der Waals surface area contributed by atoms with Gasteiger partial charge in [-0.25, -0.2) is 0 Å². The molecule has 3 heteroatoms. The molecule has 0 aliphatic carbocycles. The van der Waals surface area contributed by atoms with Crippen molar-refractivity contribution in [3.8, 4) is 0 Å². The van der Waals surface area contributed by atoms with Gasteiger partial charge in [-0.3, -0.25) is 4.98 Å². The predicted octanol–water partition coefficient (Wildman–Crippen LogP) is 1.45. The van der Waals surface area contributed by atoms with E-state index >= 15 is 0 Å². The molecule has 1 N–H and O–H groups in total. The summed E-state index contributed by atoms with van der Waals surface area (Å²) in [5, 5.41) is 11.2. The van der Waals surface area contributed by atoms with Crippen LogP contribution in [-0.4, -0.2) is 16.4 Å². The van der Waals surface area contributed by atoms with Crippen LogP contribution in [0.15, 0.2) is 23.5 Å². The van der Waals surface area contributed by atoms with Gasteiger partial charge in [-0.2, -0.15) is 0 Å². The van der Waals surface area contributed by atoms with Crippen molar-refractivity contribution < 1.29 is 5.21 Å². The molecular weight excluding hydrogens is 140 g/mol.